The van der Waals surface area contributed by atoms with Crippen molar-refractivity contribution in [3.05, 3.63) is 29.8 Å². The molecule has 1 rings (SSSR count). The highest BCUT2D eigenvalue weighted by atomic mass is 16.5. The van der Waals surface area contributed by atoms with Crippen LogP contribution in [0.25, 0.3) is 0 Å². The molecule has 0 N–H and O–H groups in total. The molecule has 1 aromatic carbocycles. The van der Waals surface area contributed by atoms with Gasteiger partial charge in [0.1, 0.15) is 12.4 Å². The zero-order chi connectivity index (χ0) is 13.4. The number of Topliss-reactive ketones (excluding diaryl/α,β-unsaturated/α-hetero) is 1. The Balaban J connectivity index is 2.15. The van der Waals surface area contributed by atoms with Gasteiger partial charge in [0.25, 0.3) is 0 Å². The second-order valence-corrected chi connectivity index (χ2v) is 4.90. The Morgan fingerprint density at radius 3 is 2.44 bits per heavy atom. The third kappa shape index (κ3) is 6.40. The predicted molar refractivity (Wildman–Crippen MR) is 74.1 cm³/mol. The van der Waals surface area contributed by atoms with Crippen LogP contribution in [0, 0.1) is 6.92 Å². The van der Waals surface area contributed by atoms with Crippen molar-refractivity contribution in [2.45, 2.75) is 26.2 Å². The van der Waals surface area contributed by atoms with E-state index in [1.54, 1.807) is 0 Å². The highest BCUT2D eigenvalue weighted by Crippen LogP contribution is 2.11. The van der Waals surface area contributed by atoms with E-state index in [2.05, 4.69) is 4.90 Å². The summed E-state index contributed by atoms with van der Waals surface area (Å²) in [7, 11) is 4.09. The van der Waals surface area contributed by atoms with Gasteiger partial charge in [-0.1, -0.05) is 17.7 Å². The molecule has 0 fully saturated rings. The number of hydrogen-bond donors (Lipinski definition) is 0. The highest BCUT2D eigenvalue weighted by Gasteiger charge is 2.03. The molecule has 100 valence electrons. The summed E-state index contributed by atoms with van der Waals surface area (Å²) in [6, 6.07) is 7.76. The van der Waals surface area contributed by atoms with Crippen LogP contribution < -0.4 is 4.74 Å². The van der Waals surface area contributed by atoms with Gasteiger partial charge in [0, 0.05) is 6.42 Å². The smallest absolute Gasteiger partial charge is 0.170 e. The first-order valence-electron chi connectivity index (χ1n) is 6.44. The Morgan fingerprint density at radius 1 is 1.17 bits per heavy atom. The normalized spacial score (nSPS) is 10.7. The summed E-state index contributed by atoms with van der Waals surface area (Å²) >= 11 is 0. The number of benzene rings is 1. The second kappa shape index (κ2) is 7.88. The van der Waals surface area contributed by atoms with Crippen molar-refractivity contribution in [3.8, 4) is 5.75 Å². The van der Waals surface area contributed by atoms with E-state index in [0.29, 0.717) is 6.42 Å². The molecule has 0 spiro atoms. The molecule has 0 radical (unpaired) electrons. The number of unbranched alkanes of at least 4 members (excludes halogenated alkanes) is 1. The summed E-state index contributed by atoms with van der Waals surface area (Å²) in [6.45, 7) is 3.25. The molecule has 3 nitrogen and oxygen atoms in total. The molecule has 0 saturated carbocycles. The van der Waals surface area contributed by atoms with Crippen molar-refractivity contribution in [2.75, 3.05) is 27.2 Å². The SMILES string of the molecule is Cc1ccc(OCC(=O)CCCCN(C)C)cc1. The molecule has 0 heterocycles. The predicted octanol–water partition coefficient (Wildman–Crippen LogP) is 2.67. The highest BCUT2D eigenvalue weighted by molar-refractivity contribution is 5.79. The Labute approximate surface area is 110 Å². The second-order valence-electron chi connectivity index (χ2n) is 4.90. The lowest BCUT2D eigenvalue weighted by Crippen LogP contribution is -2.14. The molecule has 0 atom stereocenters. The molecule has 0 saturated heterocycles. The average molecular weight is 249 g/mol. The van der Waals surface area contributed by atoms with Gasteiger partial charge in [-0.2, -0.15) is 0 Å². The first-order chi connectivity index (χ1) is 8.58. The summed E-state index contributed by atoms with van der Waals surface area (Å²) in [5.41, 5.74) is 1.19. The third-order valence-electron chi connectivity index (χ3n) is 2.73. The minimum atomic E-state index is 0.175. The Hall–Kier alpha value is -1.35. The fourth-order valence-electron chi connectivity index (χ4n) is 1.62. The lowest BCUT2D eigenvalue weighted by Gasteiger charge is -2.09. The number of ketones is 1. The largest absolute Gasteiger partial charge is 0.486 e. The Bertz CT molecular complexity index is 357. The van der Waals surface area contributed by atoms with Gasteiger partial charge in [-0.3, -0.25) is 4.79 Å². The number of aryl methyl sites for hydroxylation is 1. The van der Waals surface area contributed by atoms with Crippen molar-refractivity contribution >= 4 is 5.78 Å². The number of hydrogen-bond acceptors (Lipinski definition) is 3. The van der Waals surface area contributed by atoms with Gasteiger partial charge in [0.2, 0.25) is 0 Å². The van der Waals surface area contributed by atoms with Crippen LogP contribution in [-0.4, -0.2) is 37.9 Å². The molecule has 0 aliphatic heterocycles. The first kappa shape index (κ1) is 14.7. The molecule has 0 aliphatic carbocycles. The third-order valence-corrected chi connectivity index (χ3v) is 2.73. The number of carbonyl (C=O) groups excluding carboxylic acids is 1. The lowest BCUT2D eigenvalue weighted by molar-refractivity contribution is -0.121. The quantitative estimate of drug-likeness (QED) is 0.663. The van der Waals surface area contributed by atoms with Gasteiger partial charge in [-0.05, 0) is 52.5 Å². The molecule has 1 aromatic rings. The Kier molecular flexibility index (Phi) is 6.44. The van der Waals surface area contributed by atoms with Crippen LogP contribution in [0.2, 0.25) is 0 Å². The first-order valence-corrected chi connectivity index (χ1v) is 6.44. The molecular formula is C15H23NO2. The van der Waals surface area contributed by atoms with Gasteiger partial charge in [-0.25, -0.2) is 0 Å². The van der Waals surface area contributed by atoms with Crippen LogP contribution >= 0.6 is 0 Å². The summed E-state index contributed by atoms with van der Waals surface area (Å²) < 4.78 is 5.44. The van der Waals surface area contributed by atoms with Crippen molar-refractivity contribution < 1.29 is 9.53 Å². The van der Waals surface area contributed by atoms with E-state index in [1.807, 2.05) is 45.3 Å². The minimum absolute atomic E-state index is 0.175. The zero-order valence-electron chi connectivity index (χ0n) is 11.6. The maximum absolute atomic E-state index is 11.6. The number of nitrogens with zero attached hydrogens (tertiary/aromatic N) is 1. The van der Waals surface area contributed by atoms with Crippen LogP contribution in [0.3, 0.4) is 0 Å². The molecule has 0 amide bonds. The molecule has 0 bridgehead atoms. The molecule has 0 unspecified atom stereocenters. The van der Waals surface area contributed by atoms with E-state index in [1.165, 1.54) is 5.56 Å². The van der Waals surface area contributed by atoms with E-state index in [0.717, 1.165) is 25.1 Å². The zero-order valence-corrected chi connectivity index (χ0v) is 11.6. The van der Waals surface area contributed by atoms with Crippen molar-refractivity contribution in [2.24, 2.45) is 0 Å². The van der Waals surface area contributed by atoms with Crippen molar-refractivity contribution in [1.29, 1.82) is 0 Å². The van der Waals surface area contributed by atoms with Crippen molar-refractivity contribution in [3.63, 3.8) is 0 Å². The van der Waals surface area contributed by atoms with E-state index in [9.17, 15) is 4.79 Å². The number of rotatable bonds is 8. The van der Waals surface area contributed by atoms with Crippen LogP contribution in [-0.2, 0) is 4.79 Å². The number of ether oxygens (including phenoxy) is 1. The summed E-state index contributed by atoms with van der Waals surface area (Å²) in [5, 5.41) is 0. The van der Waals surface area contributed by atoms with E-state index in [4.69, 9.17) is 4.74 Å². The van der Waals surface area contributed by atoms with Gasteiger partial charge in [0.05, 0.1) is 0 Å². The van der Waals surface area contributed by atoms with Gasteiger partial charge < -0.3 is 9.64 Å². The topological polar surface area (TPSA) is 29.5 Å². The maximum atomic E-state index is 11.6. The molecular weight excluding hydrogens is 226 g/mol. The molecule has 0 aromatic heterocycles. The summed E-state index contributed by atoms with van der Waals surface area (Å²) in [6.07, 6.45) is 2.61. The molecule has 18 heavy (non-hydrogen) atoms. The lowest BCUT2D eigenvalue weighted by atomic mass is 10.2. The summed E-state index contributed by atoms with van der Waals surface area (Å²) in [5.74, 6) is 0.941. The Morgan fingerprint density at radius 2 is 1.83 bits per heavy atom. The standard InChI is InChI=1S/C15H23NO2/c1-13-7-9-15(10-8-13)18-12-14(17)6-4-5-11-16(2)3/h7-10H,4-6,11-12H2,1-3H3. The van der Waals surface area contributed by atoms with Crippen LogP contribution in [0.5, 0.6) is 5.75 Å². The summed E-state index contributed by atoms with van der Waals surface area (Å²) in [4.78, 5) is 13.7. The fourth-order valence-corrected chi connectivity index (χ4v) is 1.62. The molecule has 3 heteroatoms. The monoisotopic (exact) mass is 249 g/mol. The fraction of sp³-hybridized carbons (Fsp3) is 0.533. The van der Waals surface area contributed by atoms with Crippen LogP contribution in [0.4, 0.5) is 0 Å². The number of carbonyl (C=O) groups is 1. The van der Waals surface area contributed by atoms with Crippen molar-refractivity contribution in [1.82, 2.24) is 4.90 Å². The van der Waals surface area contributed by atoms with Crippen LogP contribution in [0.15, 0.2) is 24.3 Å². The minimum Gasteiger partial charge on any atom is -0.486 e. The average Bonchev–Trinajstić information content (AvgIpc) is 2.34. The van der Waals surface area contributed by atoms with Gasteiger partial charge >= 0.3 is 0 Å². The van der Waals surface area contributed by atoms with Gasteiger partial charge in [0.15, 0.2) is 5.78 Å². The van der Waals surface area contributed by atoms with E-state index >= 15 is 0 Å². The van der Waals surface area contributed by atoms with Gasteiger partial charge in [-0.15, -0.1) is 0 Å². The van der Waals surface area contributed by atoms with Crippen LogP contribution in [0.1, 0.15) is 24.8 Å². The van der Waals surface area contributed by atoms with E-state index < -0.39 is 0 Å². The maximum Gasteiger partial charge on any atom is 0.170 e. The van der Waals surface area contributed by atoms with E-state index in [-0.39, 0.29) is 12.4 Å². The molecule has 0 aliphatic rings.